The van der Waals surface area contributed by atoms with Crippen molar-refractivity contribution in [2.75, 3.05) is 32.3 Å². The van der Waals surface area contributed by atoms with Crippen molar-refractivity contribution in [2.24, 2.45) is 22.7 Å². The van der Waals surface area contributed by atoms with E-state index in [2.05, 4.69) is 103 Å². The van der Waals surface area contributed by atoms with Gasteiger partial charge in [0.15, 0.2) is 0 Å². The monoisotopic (exact) mass is 640 g/mol. The van der Waals surface area contributed by atoms with Crippen molar-refractivity contribution in [3.63, 3.8) is 0 Å². The molecule has 0 aromatic rings. The molecule has 234 valence electrons. The fourth-order valence-electron chi connectivity index (χ4n) is 28.7. The molecule has 0 bridgehead atoms. The predicted molar refractivity (Wildman–Crippen MR) is 178 cm³/mol. The van der Waals surface area contributed by atoms with Gasteiger partial charge >= 0.3 is 247 Å². The van der Waals surface area contributed by atoms with Gasteiger partial charge < -0.3 is 0 Å². The number of fused-ring (bicyclic) bond motifs is 10. The second-order valence-electron chi connectivity index (χ2n) is 23.8. The number of hydrogen-bond donors (Lipinski definition) is 2. The molecule has 41 heavy (non-hydrogen) atoms. The molecule has 1 spiro atoms. The molecule has 12 aliphatic heterocycles. The normalized spacial score (nSPS) is 72.9. The third-order valence-corrected chi connectivity index (χ3v) is 75.1. The van der Waals surface area contributed by atoms with Crippen LogP contribution in [-0.2, 0) is 6.51 Å². The van der Waals surface area contributed by atoms with Gasteiger partial charge in [-0.2, -0.15) is 0 Å². The van der Waals surface area contributed by atoms with Gasteiger partial charge in [0.25, 0.3) is 0 Å². The predicted octanol–water partition coefficient (Wildman–Crippen LogP) is 9.86. The molecule has 12 saturated heterocycles. The quantitative estimate of drug-likeness (QED) is 0.231. The van der Waals surface area contributed by atoms with Crippen LogP contribution in [0.4, 0.5) is 0 Å². The van der Waals surface area contributed by atoms with Crippen molar-refractivity contribution in [2.45, 2.75) is 158 Å². The zero-order valence-electron chi connectivity index (χ0n) is 28.4. The van der Waals surface area contributed by atoms with E-state index >= 15 is 0 Å². The maximum atomic E-state index is 4.00. The van der Waals surface area contributed by atoms with E-state index in [1.165, 1.54) is 67.9 Å². The summed E-state index contributed by atoms with van der Waals surface area (Å²) >= 11 is 0. The first kappa shape index (κ1) is 25.4. The summed E-state index contributed by atoms with van der Waals surface area (Å²) in [5.41, 5.74) is 0.960. The molecule has 2 nitrogen and oxygen atoms in total. The van der Waals surface area contributed by atoms with Gasteiger partial charge in [0, 0.05) is 0 Å². The van der Waals surface area contributed by atoms with Gasteiger partial charge in [0.05, 0.1) is 0 Å². The van der Waals surface area contributed by atoms with E-state index in [4.69, 9.17) is 0 Å². The Labute approximate surface area is 245 Å². The van der Waals surface area contributed by atoms with E-state index in [9.17, 15) is 0 Å². The Bertz CT molecular complexity index is 1720. The number of rotatable bonds is 5. The molecular weight excluding hydrogens is 578 g/mol. The van der Waals surface area contributed by atoms with Gasteiger partial charge in [-0.25, -0.2) is 0 Å². The maximum absolute atomic E-state index is 4.33. The van der Waals surface area contributed by atoms with Crippen LogP contribution in [0.25, 0.3) is 0 Å². The number of nitrogens with one attached hydrogen (secondary N) is 2. The van der Waals surface area contributed by atoms with E-state index in [0.717, 1.165) is 29.1 Å². The van der Waals surface area contributed by atoms with E-state index in [1.54, 1.807) is 6.16 Å². The molecule has 0 radical (unpaired) electrons. The Kier molecular flexibility index (Phi) is 2.24. The molecule has 12 rings (SSSR count). The van der Waals surface area contributed by atoms with Crippen molar-refractivity contribution in [3.05, 3.63) is 0 Å². The third kappa shape index (κ3) is 0.599. The first-order valence-electron chi connectivity index (χ1n) is 17.7. The summed E-state index contributed by atoms with van der Waals surface area (Å²) in [6.45, 7) is 33.8. The first-order chi connectivity index (χ1) is 18.5. The van der Waals surface area contributed by atoms with Crippen molar-refractivity contribution in [3.8, 4) is 0 Å². The third-order valence-electron chi connectivity index (χ3n) is 23.7. The zero-order chi connectivity index (χ0) is 29.4. The van der Waals surface area contributed by atoms with Crippen LogP contribution < -0.4 is 10.6 Å². The Morgan fingerprint density at radius 3 is 1.41 bits per heavy atom. The van der Waals surface area contributed by atoms with E-state index in [0.29, 0.717) is 26.3 Å². The first-order valence-corrected chi connectivity index (χ1v) is 25.8. The molecule has 0 aliphatic carbocycles. The average Bonchev–Trinajstić information content (AvgIpc) is 3.65. The van der Waals surface area contributed by atoms with Crippen LogP contribution in [0.15, 0.2) is 0 Å². The van der Waals surface area contributed by atoms with Gasteiger partial charge in [-0.15, -0.1) is 0 Å². The minimum atomic E-state index is -4.33. The number of hydrogen-bond acceptors (Lipinski definition) is 2. The van der Waals surface area contributed by atoms with Crippen molar-refractivity contribution < 1.29 is 6.51 Å². The van der Waals surface area contributed by atoms with Crippen LogP contribution in [0, 0.1) is 22.7 Å². The second kappa shape index (κ2) is 3.61. The van der Waals surface area contributed by atoms with Crippen LogP contribution in [-0.4, -0.2) is 47.8 Å². The van der Waals surface area contributed by atoms with E-state index in [-0.39, 0.29) is 7.92 Å². The van der Waals surface area contributed by atoms with Gasteiger partial charge in [0.2, 0.25) is 0 Å². The van der Waals surface area contributed by atoms with Gasteiger partial charge in [0.1, 0.15) is 0 Å². The summed E-state index contributed by atoms with van der Waals surface area (Å²) in [7, 11) is 3.90. The van der Waals surface area contributed by atoms with Crippen LogP contribution in [0.5, 0.6) is 0 Å². The second-order valence-corrected chi connectivity index (χ2v) is 51.3. The molecule has 8 unspecified atom stereocenters. The molecule has 0 saturated carbocycles. The minimum absolute atomic E-state index is 0.0949. The summed E-state index contributed by atoms with van der Waals surface area (Å²) in [6.07, 6.45) is 4.58. The van der Waals surface area contributed by atoms with Crippen LogP contribution >= 0.6 is 17.2 Å². The fraction of sp³-hybridized carbons (Fsp3) is 1.00. The molecule has 0 aromatic heterocycles. The Balaban J connectivity index is 1.25. The van der Waals surface area contributed by atoms with Gasteiger partial charge in [-0.05, 0) is 0 Å². The molecule has 12 heterocycles. The summed E-state index contributed by atoms with van der Waals surface area (Å²) in [4.78, 5) is 7.70. The van der Waals surface area contributed by atoms with Crippen molar-refractivity contribution in [1.82, 2.24) is 10.6 Å². The molecule has 8 atom stereocenters. The summed E-state index contributed by atoms with van der Waals surface area (Å²) < 4.78 is 3.10. The Morgan fingerprint density at radius 1 is 0.683 bits per heavy atom. The Morgan fingerprint density at radius 2 is 1.12 bits per heavy atom. The van der Waals surface area contributed by atoms with Crippen molar-refractivity contribution in [1.29, 1.82) is 0 Å². The molecule has 2 N–H and O–H groups in total. The molecular formula is C36H62FeN2P2. The van der Waals surface area contributed by atoms with Crippen LogP contribution in [0.2, 0.25) is 46.2 Å². The van der Waals surface area contributed by atoms with Gasteiger partial charge in [-0.3, -0.25) is 0 Å². The zero-order valence-corrected chi connectivity index (χ0v) is 31.6. The fourth-order valence-corrected chi connectivity index (χ4v) is 126. The van der Waals surface area contributed by atoms with E-state index in [1.807, 2.05) is 0 Å². The SMILES string of the molecule is CC(C)(C)P(C[C]12[C]3(C(P)(C4CCNC4)C4CCNC4)[CH]4[C]5(C(C)(C)C)[C]1(C(C)(C)C)[Fe]42351678[CH]2[CH]1[CH]6[CH]7[CH]28)C(C)(C)C. The molecule has 12 fully saturated rings. The van der Waals surface area contributed by atoms with Gasteiger partial charge in [-0.1, -0.05) is 0 Å². The summed E-state index contributed by atoms with van der Waals surface area (Å²) in [5, 5.41) is 9.29. The molecule has 12 aliphatic rings. The molecule has 5 heteroatoms. The topological polar surface area (TPSA) is 24.1 Å². The van der Waals surface area contributed by atoms with E-state index < -0.39 is 6.51 Å². The summed E-state index contributed by atoms with van der Waals surface area (Å²) in [5.74, 6) is 1.78. The van der Waals surface area contributed by atoms with Crippen LogP contribution in [0.1, 0.15) is 95.9 Å². The Hall–Kier alpha value is 1.30. The molecule has 0 amide bonds. The average molecular weight is 641 g/mol. The standard InChI is InChI=1S/C31H57N2P2.C5H5.Fe/c1-27(2,3)25-17-24(31(34,21-13-15-32-18-21)22-14-16-33-19-22)23(26(25)28(4,5)6)20-35(29(7,8)9)30(10,11)12;1-2-4-5-3-1;/h17,21-22,32-33H,13-16,18-20,34H2,1-12H3;1-5H;. The molecule has 0 aromatic carbocycles. The van der Waals surface area contributed by atoms with Crippen LogP contribution in [0.3, 0.4) is 0 Å². The summed E-state index contributed by atoms with van der Waals surface area (Å²) in [6, 6.07) is 0. The van der Waals surface area contributed by atoms with Crippen molar-refractivity contribution >= 4 is 17.2 Å².